The second-order valence-electron chi connectivity index (χ2n) is 6.25. The van der Waals surface area contributed by atoms with E-state index in [0.717, 1.165) is 10.5 Å². The van der Waals surface area contributed by atoms with Gasteiger partial charge in [0.2, 0.25) is 11.8 Å². The van der Waals surface area contributed by atoms with Crippen molar-refractivity contribution in [3.63, 3.8) is 0 Å². The fraction of sp³-hybridized carbons (Fsp3) is 0.278. The molecule has 0 saturated heterocycles. The molecule has 0 radical (unpaired) electrons. The monoisotopic (exact) mass is 405 g/mol. The van der Waals surface area contributed by atoms with Crippen LogP contribution in [0.4, 0.5) is 11.5 Å². The Morgan fingerprint density at radius 3 is 2.78 bits per heavy atom. The molecule has 0 aliphatic carbocycles. The minimum atomic E-state index is -3.66. The van der Waals surface area contributed by atoms with E-state index in [1.165, 1.54) is 23.9 Å². The van der Waals surface area contributed by atoms with Crippen molar-refractivity contribution in [3.8, 4) is 0 Å². The molecule has 9 heteroatoms. The molecule has 0 saturated carbocycles. The Morgan fingerprint density at radius 2 is 2.07 bits per heavy atom. The summed E-state index contributed by atoms with van der Waals surface area (Å²) in [5.74, 6) is -0.538. The van der Waals surface area contributed by atoms with E-state index in [9.17, 15) is 18.0 Å². The van der Waals surface area contributed by atoms with Crippen molar-refractivity contribution < 1.29 is 18.0 Å². The Hall–Kier alpha value is -2.39. The van der Waals surface area contributed by atoms with Gasteiger partial charge in [-0.1, -0.05) is 6.07 Å². The maximum Gasteiger partial charge on any atom is 0.237 e. The number of pyridine rings is 1. The predicted octanol–water partition coefficient (Wildman–Crippen LogP) is 2.63. The van der Waals surface area contributed by atoms with Gasteiger partial charge in [0.15, 0.2) is 9.84 Å². The number of fused-ring (bicyclic) bond motifs is 1. The van der Waals surface area contributed by atoms with Crippen LogP contribution in [0.15, 0.2) is 46.3 Å². The number of benzene rings is 1. The fourth-order valence-corrected chi connectivity index (χ4v) is 4.67. The number of aromatic nitrogens is 1. The minimum absolute atomic E-state index is 0.0814. The summed E-state index contributed by atoms with van der Waals surface area (Å²) < 4.78 is 25.1. The molecule has 0 bridgehead atoms. The lowest BCUT2D eigenvalue weighted by atomic mass is 10.3. The van der Waals surface area contributed by atoms with Gasteiger partial charge in [-0.25, -0.2) is 13.4 Å². The number of amides is 2. The first kappa shape index (κ1) is 19.4. The lowest BCUT2D eigenvalue weighted by Crippen LogP contribution is -2.26. The Bertz CT molecular complexity index is 988. The van der Waals surface area contributed by atoms with Crippen LogP contribution in [0.1, 0.15) is 18.9 Å². The zero-order chi connectivity index (χ0) is 19.6. The summed E-state index contributed by atoms with van der Waals surface area (Å²) in [6.45, 7) is 3.67. The molecule has 1 aliphatic heterocycles. The van der Waals surface area contributed by atoms with Crippen LogP contribution in [-0.2, 0) is 19.4 Å². The second-order valence-corrected chi connectivity index (χ2v) is 9.74. The highest BCUT2D eigenvalue weighted by Crippen LogP contribution is 2.36. The van der Waals surface area contributed by atoms with Crippen LogP contribution in [-0.4, -0.2) is 36.2 Å². The minimum Gasteiger partial charge on any atom is -0.324 e. The number of thioether (sulfide) groups is 1. The molecule has 1 aromatic carbocycles. The number of anilines is 2. The third-order valence-corrected chi connectivity index (χ3v) is 6.91. The second kappa shape index (κ2) is 7.69. The first-order chi connectivity index (χ1) is 12.7. The number of nitrogens with zero attached hydrogens (tertiary/aromatic N) is 1. The maximum absolute atomic E-state index is 12.6. The Kier molecular flexibility index (Phi) is 5.52. The Labute approximate surface area is 161 Å². The molecule has 27 heavy (non-hydrogen) atoms. The van der Waals surface area contributed by atoms with E-state index in [2.05, 4.69) is 15.6 Å². The van der Waals surface area contributed by atoms with Crippen molar-refractivity contribution in [1.82, 2.24) is 4.98 Å². The van der Waals surface area contributed by atoms with Gasteiger partial charge >= 0.3 is 0 Å². The SMILES string of the molecule is Cc1ccc(NC(=O)CCS(=O)(=O)c2ccc3c(c2)NC(=O)[C@H](C)S3)nc1. The molecule has 1 aromatic heterocycles. The van der Waals surface area contributed by atoms with Crippen LogP contribution in [0.25, 0.3) is 0 Å². The fourth-order valence-electron chi connectivity index (χ4n) is 2.47. The molecule has 0 fully saturated rings. The number of hydrogen-bond donors (Lipinski definition) is 2. The number of sulfone groups is 1. The number of nitrogens with one attached hydrogen (secondary N) is 2. The van der Waals surface area contributed by atoms with E-state index < -0.39 is 15.7 Å². The van der Waals surface area contributed by atoms with Crippen LogP contribution < -0.4 is 10.6 Å². The average molecular weight is 406 g/mol. The quantitative estimate of drug-likeness (QED) is 0.792. The molecule has 0 unspecified atom stereocenters. The standard InChI is InChI=1S/C18H19N3O4S2/c1-11-3-6-16(19-10-11)21-17(22)7-8-27(24,25)13-4-5-15-14(9-13)20-18(23)12(2)26-15/h3-6,9-10,12H,7-8H2,1-2H3,(H,20,23)(H,19,21,22)/t12-/m0/s1. The molecule has 3 rings (SSSR count). The summed E-state index contributed by atoms with van der Waals surface area (Å²) >= 11 is 1.38. The first-order valence-electron chi connectivity index (χ1n) is 8.31. The highest BCUT2D eigenvalue weighted by molar-refractivity contribution is 8.01. The molecule has 2 amide bonds. The van der Waals surface area contributed by atoms with Crippen LogP contribution in [0.5, 0.6) is 0 Å². The van der Waals surface area contributed by atoms with Gasteiger partial charge in [-0.05, 0) is 43.7 Å². The number of carbonyl (C=O) groups is 2. The molecule has 142 valence electrons. The van der Waals surface area contributed by atoms with E-state index in [1.807, 2.05) is 6.92 Å². The topological polar surface area (TPSA) is 105 Å². The normalized spacial score (nSPS) is 16.4. The molecule has 0 spiro atoms. The van der Waals surface area contributed by atoms with Gasteiger partial charge < -0.3 is 10.6 Å². The Balaban J connectivity index is 1.66. The van der Waals surface area contributed by atoms with E-state index >= 15 is 0 Å². The van der Waals surface area contributed by atoms with Gasteiger partial charge in [-0.15, -0.1) is 11.8 Å². The number of hydrogen-bond acceptors (Lipinski definition) is 6. The van der Waals surface area contributed by atoms with Crippen LogP contribution in [0, 0.1) is 6.92 Å². The predicted molar refractivity (Wildman–Crippen MR) is 105 cm³/mol. The molecule has 2 heterocycles. The number of aryl methyl sites for hydroxylation is 1. The third-order valence-electron chi connectivity index (χ3n) is 4.02. The molecule has 1 atom stereocenters. The van der Waals surface area contributed by atoms with Crippen molar-refractivity contribution in [3.05, 3.63) is 42.1 Å². The lowest BCUT2D eigenvalue weighted by Gasteiger charge is -2.21. The highest BCUT2D eigenvalue weighted by atomic mass is 32.2. The van der Waals surface area contributed by atoms with Crippen molar-refractivity contribution in [1.29, 1.82) is 0 Å². The summed E-state index contributed by atoms with van der Waals surface area (Å²) in [5.41, 5.74) is 1.44. The smallest absolute Gasteiger partial charge is 0.237 e. The maximum atomic E-state index is 12.6. The van der Waals surface area contributed by atoms with Gasteiger partial charge in [0.1, 0.15) is 5.82 Å². The van der Waals surface area contributed by atoms with Crippen molar-refractivity contribution in [2.45, 2.75) is 35.3 Å². The van der Waals surface area contributed by atoms with Crippen LogP contribution in [0.3, 0.4) is 0 Å². The van der Waals surface area contributed by atoms with E-state index in [0.29, 0.717) is 11.5 Å². The van der Waals surface area contributed by atoms with Gasteiger partial charge in [-0.3, -0.25) is 9.59 Å². The summed E-state index contributed by atoms with van der Waals surface area (Å²) in [4.78, 5) is 28.8. The van der Waals surface area contributed by atoms with E-state index in [4.69, 9.17) is 0 Å². The van der Waals surface area contributed by atoms with E-state index in [1.54, 1.807) is 31.3 Å². The van der Waals surface area contributed by atoms with Gasteiger partial charge in [-0.2, -0.15) is 0 Å². The molecule has 2 aromatic rings. The Morgan fingerprint density at radius 1 is 1.30 bits per heavy atom. The van der Waals surface area contributed by atoms with Gasteiger partial charge in [0, 0.05) is 17.5 Å². The molecular weight excluding hydrogens is 386 g/mol. The number of carbonyl (C=O) groups excluding carboxylic acids is 2. The summed E-state index contributed by atoms with van der Waals surface area (Å²) in [7, 11) is -3.66. The molecule has 1 aliphatic rings. The zero-order valence-electron chi connectivity index (χ0n) is 14.9. The third kappa shape index (κ3) is 4.67. The lowest BCUT2D eigenvalue weighted by molar-refractivity contribution is -0.116. The van der Waals surface area contributed by atoms with Gasteiger partial charge in [0.25, 0.3) is 0 Å². The summed E-state index contributed by atoms with van der Waals surface area (Å²) in [6.07, 6.45) is 1.43. The van der Waals surface area contributed by atoms with Crippen LogP contribution in [0.2, 0.25) is 0 Å². The number of rotatable bonds is 5. The molecule has 7 nitrogen and oxygen atoms in total. The zero-order valence-corrected chi connectivity index (χ0v) is 16.5. The van der Waals surface area contributed by atoms with E-state index in [-0.39, 0.29) is 28.2 Å². The van der Waals surface area contributed by atoms with Crippen molar-refractivity contribution in [2.75, 3.05) is 16.4 Å². The summed E-state index contributed by atoms with van der Waals surface area (Å²) in [6, 6.07) is 8.09. The summed E-state index contributed by atoms with van der Waals surface area (Å²) in [5, 5.41) is 5.07. The van der Waals surface area contributed by atoms with Crippen molar-refractivity contribution in [2.24, 2.45) is 0 Å². The highest BCUT2D eigenvalue weighted by Gasteiger charge is 2.25. The largest absolute Gasteiger partial charge is 0.324 e. The van der Waals surface area contributed by atoms with Crippen molar-refractivity contribution >= 4 is 44.9 Å². The first-order valence-corrected chi connectivity index (χ1v) is 10.8. The average Bonchev–Trinajstić information content (AvgIpc) is 2.62. The molecule has 2 N–H and O–H groups in total. The van der Waals surface area contributed by atoms with Gasteiger partial charge in [0.05, 0.1) is 21.6 Å². The van der Waals surface area contributed by atoms with Crippen LogP contribution >= 0.6 is 11.8 Å². The molecular formula is C18H19N3O4S2.